The van der Waals surface area contributed by atoms with Gasteiger partial charge in [-0.1, -0.05) is 26.0 Å². The summed E-state index contributed by atoms with van der Waals surface area (Å²) in [6.07, 6.45) is 1.52. The van der Waals surface area contributed by atoms with E-state index in [9.17, 15) is 13.2 Å². The van der Waals surface area contributed by atoms with Crippen LogP contribution in [0.4, 0.5) is 0 Å². The predicted octanol–water partition coefficient (Wildman–Crippen LogP) is 3.54. The molecule has 204 valence electrons. The molecule has 0 N–H and O–H groups in total. The maximum Gasteiger partial charge on any atom is 0.254 e. The molecule has 0 saturated carbocycles. The zero-order chi connectivity index (χ0) is 27.3. The Kier molecular flexibility index (Phi) is 8.58. The van der Waals surface area contributed by atoms with Gasteiger partial charge in [-0.3, -0.25) is 4.79 Å². The average Bonchev–Trinajstić information content (AvgIpc) is 3.53. The molecule has 1 amide bonds. The smallest absolute Gasteiger partial charge is 0.254 e. The van der Waals surface area contributed by atoms with E-state index in [1.165, 1.54) is 13.3 Å². The molecule has 0 bridgehead atoms. The minimum Gasteiger partial charge on any atom is -0.497 e. The second-order valence-electron chi connectivity index (χ2n) is 9.43. The maximum atomic E-state index is 13.6. The van der Waals surface area contributed by atoms with E-state index in [4.69, 9.17) is 18.9 Å². The van der Waals surface area contributed by atoms with E-state index in [2.05, 4.69) is 4.98 Å². The van der Waals surface area contributed by atoms with Gasteiger partial charge in [0.25, 0.3) is 5.91 Å². The summed E-state index contributed by atoms with van der Waals surface area (Å²) in [5, 5.41) is -0.0626. The van der Waals surface area contributed by atoms with Crippen molar-refractivity contribution in [3.63, 3.8) is 0 Å². The maximum absolute atomic E-state index is 13.6. The minimum atomic E-state index is -3.81. The molecule has 10 nitrogen and oxygen atoms in total. The normalized spacial score (nSPS) is 12.7. The van der Waals surface area contributed by atoms with Crippen LogP contribution in [-0.4, -0.2) is 62.9 Å². The Morgan fingerprint density at radius 3 is 2.66 bits per heavy atom. The molecule has 0 unspecified atom stereocenters. The lowest BCUT2D eigenvalue weighted by atomic mass is 10.1. The summed E-state index contributed by atoms with van der Waals surface area (Å²) < 4.78 is 49.8. The second-order valence-corrected chi connectivity index (χ2v) is 11.3. The number of methoxy groups -OCH3 is 2. The van der Waals surface area contributed by atoms with Gasteiger partial charge in [0, 0.05) is 25.8 Å². The van der Waals surface area contributed by atoms with Crippen LogP contribution >= 0.6 is 0 Å². The zero-order valence-electron chi connectivity index (χ0n) is 22.0. The van der Waals surface area contributed by atoms with Crippen molar-refractivity contribution in [1.82, 2.24) is 14.5 Å². The quantitative estimate of drug-likeness (QED) is 0.341. The highest BCUT2D eigenvalue weighted by Crippen LogP contribution is 2.33. The van der Waals surface area contributed by atoms with Crippen molar-refractivity contribution < 1.29 is 32.2 Å². The van der Waals surface area contributed by atoms with Crippen molar-refractivity contribution in [2.45, 2.75) is 37.8 Å². The molecule has 0 radical (unpaired) electrons. The van der Waals surface area contributed by atoms with Crippen molar-refractivity contribution in [2.24, 2.45) is 5.92 Å². The highest BCUT2D eigenvalue weighted by atomic mass is 32.2. The van der Waals surface area contributed by atoms with Crippen LogP contribution in [0.15, 0.2) is 53.8 Å². The first-order valence-corrected chi connectivity index (χ1v) is 13.9. The number of imidazole rings is 1. The molecule has 0 saturated heterocycles. The van der Waals surface area contributed by atoms with E-state index in [0.29, 0.717) is 40.6 Å². The van der Waals surface area contributed by atoms with E-state index in [-0.39, 0.29) is 49.2 Å². The molecule has 3 aromatic rings. The van der Waals surface area contributed by atoms with E-state index in [1.807, 2.05) is 13.8 Å². The Morgan fingerprint density at radius 1 is 1.13 bits per heavy atom. The summed E-state index contributed by atoms with van der Waals surface area (Å²) in [4.78, 5) is 19.6. The molecular weight excluding hydrogens is 510 g/mol. The van der Waals surface area contributed by atoms with Crippen LogP contribution in [0.1, 0.15) is 35.5 Å². The summed E-state index contributed by atoms with van der Waals surface area (Å²) in [5.41, 5.74) is 1.65. The number of carbonyl (C=O) groups excluding carboxylic acids is 1. The predicted molar refractivity (Wildman–Crippen MR) is 140 cm³/mol. The molecule has 1 aliphatic rings. The Balaban J connectivity index is 1.64. The first kappa shape index (κ1) is 27.5. The molecule has 0 spiro atoms. The molecule has 0 fully saturated rings. The molecule has 1 aliphatic heterocycles. The molecule has 0 atom stereocenters. The number of rotatable bonds is 12. The first-order chi connectivity index (χ1) is 18.2. The number of fused-ring (bicyclic) bond motifs is 1. The highest BCUT2D eigenvalue weighted by Gasteiger charge is 2.27. The third-order valence-electron chi connectivity index (χ3n) is 6.03. The molecule has 11 heteroatoms. The Hall–Kier alpha value is -3.57. The molecule has 38 heavy (non-hydrogen) atoms. The average molecular weight is 544 g/mol. The number of ether oxygens (including phenoxy) is 4. The summed E-state index contributed by atoms with van der Waals surface area (Å²) in [7, 11) is -0.726. The number of benzene rings is 2. The van der Waals surface area contributed by atoms with Gasteiger partial charge in [0.05, 0.1) is 37.9 Å². The van der Waals surface area contributed by atoms with Crippen LogP contribution in [0, 0.1) is 5.92 Å². The third kappa shape index (κ3) is 6.28. The molecule has 0 aliphatic carbocycles. The van der Waals surface area contributed by atoms with Gasteiger partial charge >= 0.3 is 0 Å². The fourth-order valence-electron chi connectivity index (χ4n) is 4.30. The van der Waals surface area contributed by atoms with Gasteiger partial charge in [0.15, 0.2) is 11.5 Å². The van der Waals surface area contributed by atoms with E-state index >= 15 is 0 Å². The lowest BCUT2D eigenvalue weighted by molar-refractivity contribution is 0.0716. The van der Waals surface area contributed by atoms with Crippen molar-refractivity contribution >= 4 is 15.7 Å². The summed E-state index contributed by atoms with van der Waals surface area (Å²) in [6.45, 7) is 5.36. The van der Waals surface area contributed by atoms with Crippen LogP contribution in [-0.2, 0) is 33.4 Å². The Morgan fingerprint density at radius 2 is 1.92 bits per heavy atom. The molecule has 2 heterocycles. The van der Waals surface area contributed by atoms with Gasteiger partial charge in [-0.15, -0.1) is 0 Å². The first-order valence-electron chi connectivity index (χ1n) is 12.3. The number of sulfone groups is 1. The number of nitrogens with zero attached hydrogens (tertiary/aromatic N) is 3. The fraction of sp³-hybridized carbons (Fsp3) is 0.407. The number of amides is 1. The third-order valence-corrected chi connectivity index (χ3v) is 7.63. The molecule has 1 aromatic heterocycles. The summed E-state index contributed by atoms with van der Waals surface area (Å²) in [5.74, 6) is 1.45. The topological polar surface area (TPSA) is 109 Å². The van der Waals surface area contributed by atoms with Crippen LogP contribution < -0.4 is 14.2 Å². The lowest BCUT2D eigenvalue weighted by Crippen LogP contribution is -2.34. The summed E-state index contributed by atoms with van der Waals surface area (Å²) in [6, 6.07) is 12.0. The standard InChI is InChI=1S/C27H33N3O7S/c1-19(2)15-29(26(31)21-8-9-24-25(13-21)37-18-36-24)16-22-14-28-27(30(22)10-11-34-3)38(32,33)17-20-6-5-7-23(12-20)35-4/h5-9,12-14,19H,10-11,15-18H2,1-4H3. The van der Waals surface area contributed by atoms with E-state index in [1.54, 1.807) is 59.0 Å². The van der Waals surface area contributed by atoms with Gasteiger partial charge in [-0.05, 0) is 41.8 Å². The van der Waals surface area contributed by atoms with Crippen LogP contribution in [0.3, 0.4) is 0 Å². The Labute approximate surface area is 223 Å². The van der Waals surface area contributed by atoms with Crippen molar-refractivity contribution in [1.29, 1.82) is 0 Å². The highest BCUT2D eigenvalue weighted by molar-refractivity contribution is 7.90. The van der Waals surface area contributed by atoms with Gasteiger partial charge < -0.3 is 28.4 Å². The lowest BCUT2D eigenvalue weighted by Gasteiger charge is -2.25. The van der Waals surface area contributed by atoms with Crippen LogP contribution in [0.5, 0.6) is 17.2 Å². The van der Waals surface area contributed by atoms with Crippen LogP contribution in [0.2, 0.25) is 0 Å². The largest absolute Gasteiger partial charge is 0.497 e. The zero-order valence-corrected chi connectivity index (χ0v) is 22.9. The van der Waals surface area contributed by atoms with Gasteiger partial charge in [-0.25, -0.2) is 13.4 Å². The SMILES string of the molecule is COCCn1c(CN(CC(C)C)C(=O)c2ccc3c(c2)OCO3)cnc1S(=O)(=O)Cc1cccc(OC)c1. The molecular formula is C27H33N3O7S. The summed E-state index contributed by atoms with van der Waals surface area (Å²) >= 11 is 0. The van der Waals surface area contributed by atoms with Crippen LogP contribution in [0.25, 0.3) is 0 Å². The van der Waals surface area contributed by atoms with E-state index < -0.39 is 9.84 Å². The Bertz CT molecular complexity index is 1390. The van der Waals surface area contributed by atoms with Gasteiger partial charge in [0.1, 0.15) is 5.75 Å². The second kappa shape index (κ2) is 11.9. The number of carbonyl (C=O) groups is 1. The minimum absolute atomic E-state index is 0.0626. The molecule has 4 rings (SSSR count). The van der Waals surface area contributed by atoms with Crippen molar-refractivity contribution in [2.75, 3.05) is 34.2 Å². The van der Waals surface area contributed by atoms with Gasteiger partial charge in [-0.2, -0.15) is 0 Å². The fourth-order valence-corrected chi connectivity index (χ4v) is 5.81. The van der Waals surface area contributed by atoms with Crippen molar-refractivity contribution in [3.05, 3.63) is 65.5 Å². The number of aromatic nitrogens is 2. The monoisotopic (exact) mass is 543 g/mol. The van der Waals surface area contributed by atoms with Crippen molar-refractivity contribution in [3.8, 4) is 17.2 Å². The van der Waals surface area contributed by atoms with E-state index in [0.717, 1.165) is 0 Å². The number of hydrogen-bond donors (Lipinski definition) is 0. The number of hydrogen-bond acceptors (Lipinski definition) is 8. The van der Waals surface area contributed by atoms with Gasteiger partial charge in [0.2, 0.25) is 21.8 Å². The molecule has 2 aromatic carbocycles.